The number of rotatable bonds is 14. The third-order valence-electron chi connectivity index (χ3n) is 7.86. The highest BCUT2D eigenvalue weighted by Crippen LogP contribution is 2.21. The van der Waals surface area contributed by atoms with Crippen LogP contribution in [0, 0.1) is 19.3 Å². The van der Waals surface area contributed by atoms with Crippen molar-refractivity contribution in [1.82, 2.24) is 35.4 Å². The Bertz CT molecular complexity index is 1730. The van der Waals surface area contributed by atoms with Crippen molar-refractivity contribution < 1.29 is 19.8 Å². The lowest BCUT2D eigenvalue weighted by Crippen LogP contribution is -2.37. The maximum Gasteiger partial charge on any atom is 0.242 e. The van der Waals surface area contributed by atoms with E-state index in [0.29, 0.717) is 30.9 Å². The van der Waals surface area contributed by atoms with Crippen LogP contribution in [0.5, 0.6) is 11.5 Å². The smallest absolute Gasteiger partial charge is 0.242 e. The Morgan fingerprint density at radius 1 is 0.913 bits per heavy atom. The zero-order valence-corrected chi connectivity index (χ0v) is 27.1. The summed E-state index contributed by atoms with van der Waals surface area (Å²) in [5, 5.41) is 38.5. The van der Waals surface area contributed by atoms with Crippen molar-refractivity contribution in [2.45, 2.75) is 67.1 Å². The molecule has 0 unspecified atom stereocenters. The van der Waals surface area contributed by atoms with Gasteiger partial charge in [-0.1, -0.05) is 50.3 Å². The van der Waals surface area contributed by atoms with Crippen LogP contribution in [0.4, 0.5) is 0 Å². The van der Waals surface area contributed by atoms with Crippen molar-refractivity contribution in [3.8, 4) is 11.5 Å². The summed E-state index contributed by atoms with van der Waals surface area (Å²) in [6, 6.07) is 12.6. The Kier molecular flexibility index (Phi) is 11.1. The number of nitrogens with one attached hydrogen (secondary N) is 2. The lowest BCUT2D eigenvalue weighted by atomic mass is 9.89. The van der Waals surface area contributed by atoms with Gasteiger partial charge < -0.3 is 20.8 Å². The molecule has 0 aliphatic carbocycles. The van der Waals surface area contributed by atoms with E-state index in [4.69, 9.17) is 0 Å². The van der Waals surface area contributed by atoms with Gasteiger partial charge in [-0.05, 0) is 91.4 Å². The topological polar surface area (TPSA) is 147 Å². The molecule has 2 amide bonds. The molecule has 4 rings (SSSR count). The normalized spacial score (nSPS) is 11.8. The van der Waals surface area contributed by atoms with Crippen molar-refractivity contribution in [3.05, 3.63) is 88.0 Å². The first-order valence-electron chi connectivity index (χ1n) is 15.4. The quantitative estimate of drug-likeness (QED) is 0.143. The molecule has 11 nitrogen and oxygen atoms in total. The van der Waals surface area contributed by atoms with E-state index in [0.717, 1.165) is 34.4 Å². The van der Waals surface area contributed by atoms with Crippen molar-refractivity contribution in [3.63, 3.8) is 0 Å². The highest BCUT2D eigenvalue weighted by atomic mass is 16.3. The number of nitrogens with zero attached hydrogens (tertiary/aromatic N) is 5. The molecule has 0 bridgehead atoms. The number of aryl methyl sites for hydroxylation is 3. The molecule has 0 atom stereocenters. The van der Waals surface area contributed by atoms with Gasteiger partial charge in [0.15, 0.2) is 0 Å². The highest BCUT2D eigenvalue weighted by molar-refractivity contribution is 5.81. The number of phenolic OH excluding ortho intramolecular Hbond substituents is 2. The molecule has 0 saturated heterocycles. The van der Waals surface area contributed by atoms with E-state index in [-0.39, 0.29) is 41.8 Å². The number of amides is 2. The fraction of sp³-hybridized carbons (Fsp3) is 0.343. The van der Waals surface area contributed by atoms with Crippen LogP contribution in [-0.4, -0.2) is 53.3 Å². The van der Waals surface area contributed by atoms with E-state index >= 15 is 0 Å². The van der Waals surface area contributed by atoms with Gasteiger partial charge in [-0.25, -0.2) is 0 Å². The number of carbonyl (C=O) groups excluding carboxylic acids is 2. The zero-order chi connectivity index (χ0) is 33.3. The minimum atomic E-state index is -0.386. The number of benzene rings is 2. The molecule has 2 aromatic carbocycles. The Hall–Kier alpha value is -5.19. The van der Waals surface area contributed by atoms with Crippen LogP contribution < -0.4 is 10.6 Å². The van der Waals surface area contributed by atoms with Crippen LogP contribution in [0.2, 0.25) is 0 Å². The molecule has 4 N–H and O–H groups in total. The predicted octanol–water partition coefficient (Wildman–Crippen LogP) is 5.10. The van der Waals surface area contributed by atoms with E-state index in [1.807, 2.05) is 89.3 Å². The van der Waals surface area contributed by atoms with E-state index in [2.05, 4.69) is 26.0 Å². The maximum absolute atomic E-state index is 13.0. The molecule has 0 radical (unpaired) electrons. The van der Waals surface area contributed by atoms with Gasteiger partial charge in [-0.3, -0.25) is 19.0 Å². The Morgan fingerprint density at radius 2 is 1.57 bits per heavy atom. The van der Waals surface area contributed by atoms with Gasteiger partial charge in [0, 0.05) is 18.5 Å². The predicted molar refractivity (Wildman–Crippen MR) is 179 cm³/mol. The number of hydrogen-bond acceptors (Lipinski definition) is 7. The summed E-state index contributed by atoms with van der Waals surface area (Å²) in [7, 11) is 0. The Labute approximate surface area is 269 Å². The first-order chi connectivity index (χ1) is 21.9. The molecule has 0 saturated carbocycles. The molecule has 0 spiro atoms. The van der Waals surface area contributed by atoms with Gasteiger partial charge in [-0.2, -0.15) is 5.10 Å². The fourth-order valence-electron chi connectivity index (χ4n) is 4.47. The molecular formula is C35H43N7O4. The molecule has 2 aromatic heterocycles. The highest BCUT2D eigenvalue weighted by Gasteiger charge is 2.24. The summed E-state index contributed by atoms with van der Waals surface area (Å²) in [4.78, 5) is 25.2. The second-order valence-corrected chi connectivity index (χ2v) is 12.0. The minimum Gasteiger partial charge on any atom is -0.508 e. The van der Waals surface area contributed by atoms with Crippen LogP contribution in [0.3, 0.4) is 0 Å². The summed E-state index contributed by atoms with van der Waals surface area (Å²) < 4.78 is 3.33. The lowest BCUT2D eigenvalue weighted by molar-refractivity contribution is -0.129. The summed E-state index contributed by atoms with van der Waals surface area (Å²) in [6.07, 6.45) is 10.8. The molecule has 11 heteroatoms. The lowest BCUT2D eigenvalue weighted by Gasteiger charge is -2.21. The average Bonchev–Trinajstić information content (AvgIpc) is 3.65. The van der Waals surface area contributed by atoms with E-state index in [1.165, 1.54) is 0 Å². The third kappa shape index (κ3) is 9.40. The summed E-state index contributed by atoms with van der Waals surface area (Å²) in [5.41, 5.74) is 4.99. The van der Waals surface area contributed by atoms with Gasteiger partial charge in [0.2, 0.25) is 11.8 Å². The molecular weight excluding hydrogens is 582 g/mol. The van der Waals surface area contributed by atoms with E-state index < -0.39 is 0 Å². The Morgan fingerprint density at radius 3 is 2.20 bits per heavy atom. The maximum atomic E-state index is 13.0. The fourth-order valence-corrected chi connectivity index (χ4v) is 4.47. The molecule has 2 heterocycles. The number of carbonyl (C=O) groups is 2. The largest absolute Gasteiger partial charge is 0.508 e. The third-order valence-corrected chi connectivity index (χ3v) is 7.86. The van der Waals surface area contributed by atoms with Gasteiger partial charge in [-0.15, -0.1) is 5.10 Å². The number of phenols is 2. The Balaban J connectivity index is 1.38. The summed E-state index contributed by atoms with van der Waals surface area (Å²) in [5.74, 6) is 0.275. The molecule has 0 aliphatic heterocycles. The van der Waals surface area contributed by atoms with E-state index in [1.54, 1.807) is 27.7 Å². The number of hydrogen-bond donors (Lipinski definition) is 4. The van der Waals surface area contributed by atoms with Crippen LogP contribution in [-0.2, 0) is 29.2 Å². The minimum absolute atomic E-state index is 0.0115. The second-order valence-electron chi connectivity index (χ2n) is 12.0. The van der Waals surface area contributed by atoms with Crippen molar-refractivity contribution in [2.24, 2.45) is 5.41 Å². The standard InChI is InChI=1S/C35H43N7O4/c1-6-35(4,5)34(46)36-16-7-17-41-22-29(38-40-41)21-37-33(45)23-42-30(13-9-27-11-15-32(44)25(3)19-27)20-28(39-42)12-8-26-10-14-31(43)24(2)18-26/h8-15,18-20,22,43-44H,6-7,16-17,21,23H2,1-5H3,(H,36,46)(H,37,45)/b12-8+,13-9+. The first kappa shape index (κ1) is 33.7. The van der Waals surface area contributed by atoms with E-state index in [9.17, 15) is 19.8 Å². The van der Waals surface area contributed by atoms with Crippen molar-refractivity contribution in [2.75, 3.05) is 6.54 Å². The van der Waals surface area contributed by atoms with Crippen LogP contribution in [0.15, 0.2) is 48.7 Å². The van der Waals surface area contributed by atoms with Gasteiger partial charge in [0.25, 0.3) is 0 Å². The van der Waals surface area contributed by atoms with Crippen molar-refractivity contribution in [1.29, 1.82) is 0 Å². The number of aromatic nitrogens is 5. The SMILES string of the molecule is CCC(C)(C)C(=O)NCCCn1cc(CNC(=O)Cn2nc(/C=C/c3ccc(O)c(C)c3)cc2/C=C/c2ccc(O)c(C)c2)nn1. The zero-order valence-electron chi connectivity index (χ0n) is 27.1. The van der Waals surface area contributed by atoms with Crippen molar-refractivity contribution >= 4 is 36.1 Å². The van der Waals surface area contributed by atoms with Gasteiger partial charge in [0.1, 0.15) is 23.7 Å². The molecule has 242 valence electrons. The number of aromatic hydroxyl groups is 2. The van der Waals surface area contributed by atoms with Gasteiger partial charge >= 0.3 is 0 Å². The monoisotopic (exact) mass is 625 g/mol. The average molecular weight is 626 g/mol. The molecule has 0 fully saturated rings. The van der Waals surface area contributed by atoms with Crippen LogP contribution in [0.25, 0.3) is 24.3 Å². The summed E-state index contributed by atoms with van der Waals surface area (Å²) >= 11 is 0. The van der Waals surface area contributed by atoms with Gasteiger partial charge in [0.05, 0.1) is 24.1 Å². The van der Waals surface area contributed by atoms with Crippen LogP contribution >= 0.6 is 0 Å². The summed E-state index contributed by atoms with van der Waals surface area (Å²) in [6.45, 7) is 10.9. The molecule has 46 heavy (non-hydrogen) atoms. The first-order valence-corrected chi connectivity index (χ1v) is 15.4. The molecule has 0 aliphatic rings. The molecule has 4 aromatic rings. The van der Waals surface area contributed by atoms with Crippen LogP contribution in [0.1, 0.15) is 72.9 Å². The second kappa shape index (κ2) is 15.2.